The van der Waals surface area contributed by atoms with E-state index in [0.717, 1.165) is 32.1 Å². The first-order valence-corrected chi connectivity index (χ1v) is 6.92. The normalized spacial score (nSPS) is 17.6. The highest BCUT2D eigenvalue weighted by Gasteiger charge is 2.32. The molecule has 0 aromatic carbocycles. The highest BCUT2D eigenvalue weighted by atomic mass is 16.3. The minimum absolute atomic E-state index is 0.0649. The van der Waals surface area contributed by atoms with Crippen LogP contribution in [0.4, 0.5) is 5.69 Å². The molecule has 0 unspecified atom stereocenters. The second kappa shape index (κ2) is 6.09. The largest absolute Gasteiger partial charge is 0.398 e. The maximum absolute atomic E-state index is 12.1. The molecule has 0 bridgehead atoms. The average Bonchev–Trinajstić information content (AvgIpc) is 2.44. The second-order valence-electron chi connectivity index (χ2n) is 5.48. The molecule has 20 heavy (non-hydrogen) atoms. The van der Waals surface area contributed by atoms with Gasteiger partial charge in [0, 0.05) is 18.0 Å². The number of hydrogen-bond acceptors (Lipinski definition) is 4. The maximum Gasteiger partial charge on any atom is 0.251 e. The molecule has 1 aromatic rings. The summed E-state index contributed by atoms with van der Waals surface area (Å²) in [7, 11) is 0. The molecule has 2 rings (SSSR count). The summed E-state index contributed by atoms with van der Waals surface area (Å²) >= 11 is 0. The van der Waals surface area contributed by atoms with Gasteiger partial charge in [0.25, 0.3) is 5.56 Å². The van der Waals surface area contributed by atoms with Crippen LogP contribution in [-0.4, -0.2) is 27.7 Å². The Morgan fingerprint density at radius 2 is 2.05 bits per heavy atom. The van der Waals surface area contributed by atoms with Gasteiger partial charge in [-0.05, 0) is 18.9 Å². The van der Waals surface area contributed by atoms with Crippen molar-refractivity contribution in [1.29, 1.82) is 0 Å². The molecule has 1 heterocycles. The van der Waals surface area contributed by atoms with Gasteiger partial charge in [-0.3, -0.25) is 9.59 Å². The van der Waals surface area contributed by atoms with Crippen LogP contribution in [0.15, 0.2) is 23.1 Å². The molecule has 6 nitrogen and oxygen atoms in total. The molecule has 6 heteroatoms. The van der Waals surface area contributed by atoms with Crippen molar-refractivity contribution in [2.45, 2.75) is 44.2 Å². The molecule has 1 aliphatic carbocycles. The van der Waals surface area contributed by atoms with E-state index in [9.17, 15) is 14.7 Å². The van der Waals surface area contributed by atoms with E-state index in [-0.39, 0.29) is 24.6 Å². The number of aromatic nitrogens is 1. The molecule has 4 N–H and O–H groups in total. The van der Waals surface area contributed by atoms with Crippen LogP contribution < -0.4 is 16.6 Å². The zero-order valence-electron chi connectivity index (χ0n) is 11.5. The Hall–Kier alpha value is -1.82. The number of pyridine rings is 1. The second-order valence-corrected chi connectivity index (χ2v) is 5.48. The van der Waals surface area contributed by atoms with E-state index in [0.29, 0.717) is 5.69 Å². The van der Waals surface area contributed by atoms with Crippen LogP contribution in [0, 0.1) is 0 Å². The molecule has 0 radical (unpaired) electrons. The molecule has 0 aliphatic heterocycles. The summed E-state index contributed by atoms with van der Waals surface area (Å²) in [5.74, 6) is -0.270. The van der Waals surface area contributed by atoms with Gasteiger partial charge in [-0.25, -0.2) is 0 Å². The van der Waals surface area contributed by atoms with Crippen molar-refractivity contribution in [2.75, 3.05) is 12.3 Å². The summed E-state index contributed by atoms with van der Waals surface area (Å²) < 4.78 is 1.28. The third-order valence-electron chi connectivity index (χ3n) is 3.84. The van der Waals surface area contributed by atoms with Gasteiger partial charge in [0.05, 0.1) is 12.1 Å². The summed E-state index contributed by atoms with van der Waals surface area (Å²) in [5.41, 5.74) is 5.25. The fourth-order valence-electron chi connectivity index (χ4n) is 2.71. The summed E-state index contributed by atoms with van der Waals surface area (Å²) in [6, 6.07) is 2.85. The van der Waals surface area contributed by atoms with E-state index in [1.54, 1.807) is 0 Å². The number of hydrogen-bond donors (Lipinski definition) is 3. The molecule has 1 amide bonds. The zero-order chi connectivity index (χ0) is 14.6. The van der Waals surface area contributed by atoms with Gasteiger partial charge < -0.3 is 20.7 Å². The fraction of sp³-hybridized carbons (Fsp3) is 0.571. The molecule has 1 aromatic heterocycles. The minimum Gasteiger partial charge on any atom is -0.398 e. The quantitative estimate of drug-likeness (QED) is 0.735. The van der Waals surface area contributed by atoms with E-state index < -0.39 is 5.54 Å². The Labute approximate surface area is 117 Å². The number of nitrogens with one attached hydrogen (secondary N) is 1. The molecule has 1 saturated carbocycles. The number of nitrogens with two attached hydrogens (primary N) is 1. The monoisotopic (exact) mass is 279 g/mol. The van der Waals surface area contributed by atoms with Gasteiger partial charge in [-0.1, -0.05) is 19.3 Å². The molecule has 110 valence electrons. The maximum atomic E-state index is 12.1. The molecule has 0 saturated heterocycles. The van der Waals surface area contributed by atoms with Crippen LogP contribution in [0.2, 0.25) is 0 Å². The van der Waals surface area contributed by atoms with Crippen molar-refractivity contribution in [3.63, 3.8) is 0 Å². The summed E-state index contributed by atoms with van der Waals surface area (Å²) in [6.07, 6.45) is 6.14. The number of aliphatic hydroxyl groups excluding tert-OH is 1. The number of nitrogens with zero attached hydrogens (tertiary/aromatic N) is 1. The predicted octanol–water partition coefficient (Wildman–Crippen LogP) is 0.242. The van der Waals surface area contributed by atoms with Crippen molar-refractivity contribution in [2.24, 2.45) is 0 Å². The number of rotatable bonds is 4. The Morgan fingerprint density at radius 1 is 1.35 bits per heavy atom. The van der Waals surface area contributed by atoms with E-state index in [4.69, 9.17) is 5.73 Å². The number of anilines is 1. The van der Waals surface area contributed by atoms with E-state index >= 15 is 0 Å². The first-order chi connectivity index (χ1) is 9.54. The third kappa shape index (κ3) is 3.39. The molecular formula is C14H21N3O3. The van der Waals surface area contributed by atoms with Crippen LogP contribution >= 0.6 is 0 Å². The Bertz CT molecular complexity index is 533. The van der Waals surface area contributed by atoms with Crippen LogP contribution in [0.3, 0.4) is 0 Å². The first kappa shape index (κ1) is 14.6. The molecule has 1 aliphatic rings. The van der Waals surface area contributed by atoms with Gasteiger partial charge in [-0.15, -0.1) is 0 Å². The van der Waals surface area contributed by atoms with Crippen molar-refractivity contribution in [3.8, 4) is 0 Å². The Kier molecular flexibility index (Phi) is 4.44. The fourth-order valence-corrected chi connectivity index (χ4v) is 2.71. The number of carbonyl (C=O) groups is 1. The Balaban J connectivity index is 2.04. The predicted molar refractivity (Wildman–Crippen MR) is 76.2 cm³/mol. The first-order valence-electron chi connectivity index (χ1n) is 6.92. The number of carbonyl (C=O) groups excluding carboxylic acids is 1. The number of aliphatic hydroxyl groups is 1. The summed E-state index contributed by atoms with van der Waals surface area (Å²) in [6.45, 7) is -0.143. The minimum atomic E-state index is -0.529. The number of nitrogen functional groups attached to an aromatic ring is 1. The van der Waals surface area contributed by atoms with E-state index in [1.807, 2.05) is 0 Å². The third-order valence-corrected chi connectivity index (χ3v) is 3.84. The standard InChI is InChI=1S/C14H21N3O3/c15-11-4-5-13(20)17(8-11)9-12(19)16-14(10-18)6-2-1-3-7-14/h4-5,8,18H,1-3,6-7,9-10,15H2,(H,16,19). The van der Waals surface area contributed by atoms with Crippen LogP contribution in [0.5, 0.6) is 0 Å². The van der Waals surface area contributed by atoms with E-state index in [2.05, 4.69) is 5.32 Å². The van der Waals surface area contributed by atoms with Gasteiger partial charge in [0.2, 0.25) is 5.91 Å². The lowest BCUT2D eigenvalue weighted by atomic mass is 9.82. The highest BCUT2D eigenvalue weighted by Crippen LogP contribution is 2.27. The van der Waals surface area contributed by atoms with Crippen molar-refractivity contribution in [1.82, 2.24) is 9.88 Å². The Morgan fingerprint density at radius 3 is 2.70 bits per heavy atom. The average molecular weight is 279 g/mol. The van der Waals surface area contributed by atoms with E-state index in [1.165, 1.54) is 22.9 Å². The zero-order valence-corrected chi connectivity index (χ0v) is 11.5. The summed E-state index contributed by atoms with van der Waals surface area (Å²) in [4.78, 5) is 23.7. The van der Waals surface area contributed by atoms with Gasteiger partial charge in [0.15, 0.2) is 0 Å². The van der Waals surface area contributed by atoms with Crippen LogP contribution in [-0.2, 0) is 11.3 Å². The lowest BCUT2D eigenvalue weighted by Crippen LogP contribution is -2.53. The van der Waals surface area contributed by atoms with Crippen LogP contribution in [0.1, 0.15) is 32.1 Å². The number of amides is 1. The smallest absolute Gasteiger partial charge is 0.251 e. The summed E-state index contributed by atoms with van der Waals surface area (Å²) in [5, 5.41) is 12.4. The van der Waals surface area contributed by atoms with Crippen molar-refractivity contribution >= 4 is 11.6 Å². The SMILES string of the molecule is Nc1ccc(=O)n(CC(=O)NC2(CO)CCCCC2)c1. The van der Waals surface area contributed by atoms with Crippen molar-refractivity contribution < 1.29 is 9.90 Å². The molecular weight excluding hydrogens is 258 g/mol. The van der Waals surface area contributed by atoms with Gasteiger partial charge >= 0.3 is 0 Å². The molecule has 0 spiro atoms. The topological polar surface area (TPSA) is 97.4 Å². The van der Waals surface area contributed by atoms with Gasteiger partial charge in [-0.2, -0.15) is 0 Å². The lowest BCUT2D eigenvalue weighted by molar-refractivity contribution is -0.124. The highest BCUT2D eigenvalue weighted by molar-refractivity contribution is 5.76. The van der Waals surface area contributed by atoms with Gasteiger partial charge in [0.1, 0.15) is 6.54 Å². The lowest BCUT2D eigenvalue weighted by Gasteiger charge is -2.36. The molecule has 0 atom stereocenters. The van der Waals surface area contributed by atoms with Crippen LogP contribution in [0.25, 0.3) is 0 Å². The molecule has 1 fully saturated rings. The van der Waals surface area contributed by atoms with Crippen molar-refractivity contribution in [3.05, 3.63) is 28.7 Å².